The summed E-state index contributed by atoms with van der Waals surface area (Å²) in [5.74, 6) is -14.4. The number of benzene rings is 1. The van der Waals surface area contributed by atoms with E-state index in [2.05, 4.69) is 0 Å². The van der Waals surface area contributed by atoms with E-state index in [0.717, 1.165) is 12.1 Å². The third-order valence-corrected chi connectivity index (χ3v) is 3.36. The van der Waals surface area contributed by atoms with Crippen LogP contribution in [-0.4, -0.2) is 34.8 Å². The van der Waals surface area contributed by atoms with Crippen LogP contribution in [0.15, 0.2) is 18.2 Å². The lowest BCUT2D eigenvalue weighted by Crippen LogP contribution is -2.50. The minimum absolute atomic E-state index is 0.0361. The Bertz CT molecular complexity index is 811. The average molecular weight is 373 g/mol. The van der Waals surface area contributed by atoms with Crippen LogP contribution in [0.2, 0.25) is 0 Å². The molecule has 138 valence electrons. The molecule has 0 spiro atoms. The standard InChI is InChI=1S/C14H10F7NO3/c1-2-25-6-3-4-8-7(5-6)9(11(23)24)10(22-8)12(15,16)13(17,18)14(19,20)21/h3-5,22H,2H2,1H3,(H,23,24). The Morgan fingerprint density at radius 1 is 1.16 bits per heavy atom. The van der Waals surface area contributed by atoms with Gasteiger partial charge >= 0.3 is 24.0 Å². The monoisotopic (exact) mass is 373 g/mol. The summed E-state index contributed by atoms with van der Waals surface area (Å²) in [5.41, 5.74) is -3.77. The van der Waals surface area contributed by atoms with Gasteiger partial charge in [0.2, 0.25) is 0 Å². The molecule has 0 radical (unpaired) electrons. The highest BCUT2D eigenvalue weighted by molar-refractivity contribution is 6.05. The van der Waals surface area contributed by atoms with Gasteiger partial charge in [0.25, 0.3) is 0 Å². The van der Waals surface area contributed by atoms with Crippen molar-refractivity contribution < 1.29 is 45.4 Å². The van der Waals surface area contributed by atoms with Gasteiger partial charge in [0.05, 0.1) is 12.2 Å². The smallest absolute Gasteiger partial charge is 0.460 e. The second kappa shape index (κ2) is 5.81. The van der Waals surface area contributed by atoms with Crippen molar-refractivity contribution in [3.8, 4) is 5.75 Å². The molecule has 0 aliphatic rings. The number of aromatic carboxylic acids is 1. The van der Waals surface area contributed by atoms with Crippen molar-refractivity contribution >= 4 is 16.9 Å². The Kier molecular flexibility index (Phi) is 4.39. The first-order valence-corrected chi connectivity index (χ1v) is 6.69. The number of ether oxygens (including phenoxy) is 1. The lowest BCUT2D eigenvalue weighted by Gasteiger charge is -2.27. The van der Waals surface area contributed by atoms with E-state index < -0.39 is 40.6 Å². The number of alkyl halides is 7. The van der Waals surface area contributed by atoms with Crippen LogP contribution < -0.4 is 4.74 Å². The molecule has 25 heavy (non-hydrogen) atoms. The zero-order chi connectivity index (χ0) is 19.2. The molecule has 2 N–H and O–H groups in total. The third kappa shape index (κ3) is 2.87. The number of carboxylic acids is 1. The van der Waals surface area contributed by atoms with Crippen molar-refractivity contribution in [2.24, 2.45) is 0 Å². The summed E-state index contributed by atoms with van der Waals surface area (Å²) >= 11 is 0. The fraction of sp³-hybridized carbons (Fsp3) is 0.357. The van der Waals surface area contributed by atoms with Crippen LogP contribution in [0.3, 0.4) is 0 Å². The molecular weight excluding hydrogens is 363 g/mol. The fourth-order valence-electron chi connectivity index (χ4n) is 2.22. The minimum atomic E-state index is -6.58. The molecule has 0 bridgehead atoms. The Labute approximate surface area is 135 Å². The molecule has 1 heterocycles. The molecule has 0 unspecified atom stereocenters. The van der Waals surface area contributed by atoms with Crippen molar-refractivity contribution in [2.45, 2.75) is 24.9 Å². The van der Waals surface area contributed by atoms with E-state index in [9.17, 15) is 35.5 Å². The quantitative estimate of drug-likeness (QED) is 0.756. The lowest BCUT2D eigenvalue weighted by atomic mass is 10.0. The number of aromatic amines is 1. The second-order valence-corrected chi connectivity index (χ2v) is 4.97. The predicted molar refractivity (Wildman–Crippen MR) is 71.3 cm³/mol. The molecular formula is C14H10F7NO3. The number of fused-ring (bicyclic) bond motifs is 1. The Morgan fingerprint density at radius 3 is 2.24 bits per heavy atom. The predicted octanol–water partition coefficient (Wildman–Crippen LogP) is 4.55. The number of H-pyrrole nitrogens is 1. The summed E-state index contributed by atoms with van der Waals surface area (Å²) in [6, 6.07) is 3.22. The summed E-state index contributed by atoms with van der Waals surface area (Å²) in [6.07, 6.45) is -6.58. The molecule has 0 saturated carbocycles. The van der Waals surface area contributed by atoms with Gasteiger partial charge < -0.3 is 14.8 Å². The highest BCUT2D eigenvalue weighted by atomic mass is 19.4. The van der Waals surface area contributed by atoms with Gasteiger partial charge in [-0.15, -0.1) is 0 Å². The van der Waals surface area contributed by atoms with Gasteiger partial charge in [-0.1, -0.05) is 0 Å². The number of rotatable bonds is 5. The summed E-state index contributed by atoms with van der Waals surface area (Å²) < 4.78 is 96.5. The summed E-state index contributed by atoms with van der Waals surface area (Å²) in [7, 11) is 0. The van der Waals surface area contributed by atoms with Crippen LogP contribution in [0.5, 0.6) is 5.75 Å². The van der Waals surface area contributed by atoms with E-state index in [1.165, 1.54) is 6.07 Å². The first kappa shape index (κ1) is 18.9. The van der Waals surface area contributed by atoms with Gasteiger partial charge in [-0.25, -0.2) is 4.79 Å². The van der Waals surface area contributed by atoms with E-state index in [1.54, 1.807) is 11.9 Å². The van der Waals surface area contributed by atoms with Gasteiger partial charge in [0, 0.05) is 10.9 Å². The van der Waals surface area contributed by atoms with Gasteiger partial charge in [0.15, 0.2) is 0 Å². The number of hydrogen-bond acceptors (Lipinski definition) is 2. The van der Waals surface area contributed by atoms with Gasteiger partial charge in [-0.05, 0) is 25.1 Å². The van der Waals surface area contributed by atoms with Crippen LogP contribution in [0.25, 0.3) is 10.9 Å². The topological polar surface area (TPSA) is 62.3 Å². The van der Waals surface area contributed by atoms with Crippen LogP contribution in [0.4, 0.5) is 30.7 Å². The SMILES string of the molecule is CCOc1ccc2[nH]c(C(F)(F)C(F)(F)C(F)(F)F)c(C(=O)O)c2c1. The highest BCUT2D eigenvalue weighted by Gasteiger charge is 2.74. The van der Waals surface area contributed by atoms with Crippen molar-refractivity contribution in [1.29, 1.82) is 0 Å². The Morgan fingerprint density at radius 2 is 1.76 bits per heavy atom. The molecule has 0 saturated heterocycles. The summed E-state index contributed by atoms with van der Waals surface area (Å²) in [5, 5.41) is 8.60. The number of halogens is 7. The molecule has 0 aliphatic heterocycles. The number of carboxylic acid groups (broad SMARTS) is 1. The molecule has 0 atom stereocenters. The van der Waals surface area contributed by atoms with Crippen molar-refractivity contribution in [3.05, 3.63) is 29.5 Å². The highest BCUT2D eigenvalue weighted by Crippen LogP contribution is 2.53. The summed E-state index contributed by atoms with van der Waals surface area (Å²) in [4.78, 5) is 12.9. The fourth-order valence-corrected chi connectivity index (χ4v) is 2.22. The van der Waals surface area contributed by atoms with Crippen LogP contribution >= 0.6 is 0 Å². The van der Waals surface area contributed by atoms with E-state index in [0.29, 0.717) is 0 Å². The largest absolute Gasteiger partial charge is 0.494 e. The van der Waals surface area contributed by atoms with E-state index in [-0.39, 0.29) is 17.9 Å². The number of aromatic nitrogens is 1. The molecule has 4 nitrogen and oxygen atoms in total. The first-order chi connectivity index (χ1) is 11.3. The molecule has 0 fully saturated rings. The maximum Gasteiger partial charge on any atom is 0.460 e. The number of nitrogens with one attached hydrogen (secondary N) is 1. The van der Waals surface area contributed by atoms with Gasteiger partial charge in [0.1, 0.15) is 11.4 Å². The van der Waals surface area contributed by atoms with Gasteiger partial charge in [-0.2, -0.15) is 30.7 Å². The molecule has 0 aliphatic carbocycles. The number of carbonyl (C=O) groups is 1. The zero-order valence-electron chi connectivity index (χ0n) is 12.3. The minimum Gasteiger partial charge on any atom is -0.494 e. The average Bonchev–Trinajstić information content (AvgIpc) is 2.85. The molecule has 1 aromatic carbocycles. The lowest BCUT2D eigenvalue weighted by molar-refractivity contribution is -0.360. The number of hydrogen-bond donors (Lipinski definition) is 2. The third-order valence-electron chi connectivity index (χ3n) is 3.36. The van der Waals surface area contributed by atoms with Crippen molar-refractivity contribution in [1.82, 2.24) is 4.98 Å². The molecule has 1 aromatic heterocycles. The van der Waals surface area contributed by atoms with Crippen molar-refractivity contribution in [2.75, 3.05) is 6.61 Å². The molecule has 0 amide bonds. The Hall–Kier alpha value is -2.46. The van der Waals surface area contributed by atoms with Crippen LogP contribution in [0, 0.1) is 0 Å². The second-order valence-electron chi connectivity index (χ2n) is 4.97. The Balaban J connectivity index is 2.77. The van der Waals surface area contributed by atoms with E-state index >= 15 is 0 Å². The van der Waals surface area contributed by atoms with Gasteiger partial charge in [-0.3, -0.25) is 0 Å². The maximum atomic E-state index is 13.9. The van der Waals surface area contributed by atoms with E-state index in [4.69, 9.17) is 9.84 Å². The molecule has 11 heteroatoms. The normalized spacial score (nSPS) is 13.3. The maximum absolute atomic E-state index is 13.9. The van der Waals surface area contributed by atoms with Crippen molar-refractivity contribution in [3.63, 3.8) is 0 Å². The van der Waals surface area contributed by atoms with Crippen LogP contribution in [-0.2, 0) is 5.92 Å². The summed E-state index contributed by atoms with van der Waals surface area (Å²) in [6.45, 7) is 1.70. The molecule has 2 aromatic rings. The van der Waals surface area contributed by atoms with Crippen LogP contribution in [0.1, 0.15) is 23.0 Å². The molecule has 2 rings (SSSR count). The first-order valence-electron chi connectivity index (χ1n) is 6.69. The zero-order valence-corrected chi connectivity index (χ0v) is 12.3. The van der Waals surface area contributed by atoms with E-state index in [1.807, 2.05) is 0 Å².